The van der Waals surface area contributed by atoms with Gasteiger partial charge in [0.1, 0.15) is 5.82 Å². The summed E-state index contributed by atoms with van der Waals surface area (Å²) in [6, 6.07) is 10.7. The topological polar surface area (TPSA) is 79.3 Å². The van der Waals surface area contributed by atoms with Crippen LogP contribution in [-0.4, -0.2) is 27.2 Å². The summed E-state index contributed by atoms with van der Waals surface area (Å²) < 4.78 is 0. The molecule has 1 aliphatic heterocycles. The highest BCUT2D eigenvalue weighted by Crippen LogP contribution is 2.37. The van der Waals surface area contributed by atoms with Gasteiger partial charge < -0.3 is 10.4 Å². The number of aromatic carboxylic acids is 1. The van der Waals surface area contributed by atoms with E-state index in [9.17, 15) is 9.59 Å². The second-order valence-corrected chi connectivity index (χ2v) is 5.89. The molecule has 0 bridgehead atoms. The van der Waals surface area contributed by atoms with E-state index in [1.165, 1.54) is 30.1 Å². The number of rotatable bonds is 3. The quantitative estimate of drug-likeness (QED) is 0.910. The molecule has 106 valence electrons. The van der Waals surface area contributed by atoms with E-state index < -0.39 is 5.97 Å². The number of carboxylic acids is 1. The second-order valence-electron chi connectivity index (χ2n) is 4.64. The molecule has 1 aliphatic rings. The minimum Gasteiger partial charge on any atom is -0.478 e. The van der Waals surface area contributed by atoms with E-state index in [-0.39, 0.29) is 22.5 Å². The zero-order chi connectivity index (χ0) is 14.8. The Hall–Kier alpha value is -2.34. The molecule has 0 aliphatic carbocycles. The van der Waals surface area contributed by atoms with Crippen molar-refractivity contribution in [1.82, 2.24) is 4.98 Å². The maximum Gasteiger partial charge on any atom is 0.335 e. The smallest absolute Gasteiger partial charge is 0.335 e. The highest BCUT2D eigenvalue weighted by atomic mass is 32.2. The number of carbonyl (C=O) groups excluding carboxylic acids is 1. The van der Waals surface area contributed by atoms with E-state index in [4.69, 9.17) is 5.11 Å². The fourth-order valence-corrected chi connectivity index (χ4v) is 3.36. The minimum absolute atomic E-state index is 0.0997. The van der Waals surface area contributed by atoms with E-state index >= 15 is 0 Å². The summed E-state index contributed by atoms with van der Waals surface area (Å²) in [6.07, 6.45) is 2.04. The van der Waals surface area contributed by atoms with Crippen LogP contribution < -0.4 is 5.32 Å². The van der Waals surface area contributed by atoms with Crippen LogP contribution in [0.5, 0.6) is 0 Å². The van der Waals surface area contributed by atoms with Crippen molar-refractivity contribution < 1.29 is 14.7 Å². The zero-order valence-electron chi connectivity index (χ0n) is 10.9. The Kier molecular flexibility index (Phi) is 3.62. The number of anilines is 1. The lowest BCUT2D eigenvalue weighted by Gasteiger charge is -2.09. The Morgan fingerprint density at radius 3 is 2.86 bits per heavy atom. The van der Waals surface area contributed by atoms with Crippen molar-refractivity contribution in [2.75, 3.05) is 5.32 Å². The first-order valence-electron chi connectivity index (χ1n) is 6.38. The van der Waals surface area contributed by atoms with Crippen LogP contribution in [0.1, 0.15) is 15.9 Å². The third-order valence-electron chi connectivity index (χ3n) is 3.20. The van der Waals surface area contributed by atoms with Crippen LogP contribution in [0, 0.1) is 0 Å². The number of nitrogens with zero attached hydrogens (tertiary/aromatic N) is 1. The lowest BCUT2D eigenvalue weighted by atomic mass is 10.1. The average molecular weight is 300 g/mol. The molecule has 0 spiro atoms. The molecule has 6 heteroatoms. The predicted octanol–water partition coefficient (Wildman–Crippen LogP) is 2.44. The Morgan fingerprint density at radius 1 is 1.29 bits per heavy atom. The maximum absolute atomic E-state index is 12.2. The summed E-state index contributed by atoms with van der Waals surface area (Å²) in [5.41, 5.74) is 1.26. The van der Waals surface area contributed by atoms with Crippen LogP contribution in [-0.2, 0) is 11.2 Å². The molecule has 1 aromatic heterocycles. The van der Waals surface area contributed by atoms with Crippen LogP contribution in [0.2, 0.25) is 0 Å². The molecule has 5 nitrogen and oxygen atoms in total. The lowest BCUT2D eigenvalue weighted by Crippen LogP contribution is -2.25. The van der Waals surface area contributed by atoms with Crippen molar-refractivity contribution in [2.24, 2.45) is 0 Å². The van der Waals surface area contributed by atoms with Crippen molar-refractivity contribution in [2.45, 2.75) is 16.6 Å². The number of thioether (sulfide) groups is 1. The van der Waals surface area contributed by atoms with E-state index in [0.717, 1.165) is 10.5 Å². The summed E-state index contributed by atoms with van der Waals surface area (Å²) in [4.78, 5) is 28.2. The van der Waals surface area contributed by atoms with Crippen LogP contribution in [0.4, 0.5) is 5.82 Å². The molecule has 2 heterocycles. The molecule has 0 saturated carbocycles. The van der Waals surface area contributed by atoms with E-state index in [1.807, 2.05) is 24.3 Å². The van der Waals surface area contributed by atoms with Gasteiger partial charge in [-0.2, -0.15) is 0 Å². The maximum atomic E-state index is 12.2. The van der Waals surface area contributed by atoms with E-state index in [0.29, 0.717) is 6.42 Å². The molecule has 0 saturated heterocycles. The fourth-order valence-electron chi connectivity index (χ4n) is 2.17. The SMILES string of the molecule is O=C(O)c1ccnc(NC(=O)C2Cc3ccccc3S2)c1. The van der Waals surface area contributed by atoms with Gasteiger partial charge in [0.05, 0.1) is 10.8 Å². The van der Waals surface area contributed by atoms with Crippen LogP contribution in [0.3, 0.4) is 0 Å². The second kappa shape index (κ2) is 5.57. The molecule has 1 unspecified atom stereocenters. The molecule has 3 rings (SSSR count). The number of hydrogen-bond acceptors (Lipinski definition) is 4. The number of fused-ring (bicyclic) bond motifs is 1. The third kappa shape index (κ3) is 2.90. The molecule has 1 atom stereocenters. The summed E-state index contributed by atoms with van der Waals surface area (Å²) >= 11 is 1.52. The van der Waals surface area contributed by atoms with E-state index in [1.54, 1.807) is 0 Å². The molecule has 2 N–H and O–H groups in total. The van der Waals surface area contributed by atoms with Gasteiger partial charge in [-0.3, -0.25) is 4.79 Å². The molecular formula is C15H12N2O3S. The van der Waals surface area contributed by atoms with Crippen molar-refractivity contribution in [1.29, 1.82) is 0 Å². The molecular weight excluding hydrogens is 288 g/mol. The highest BCUT2D eigenvalue weighted by Gasteiger charge is 2.28. The minimum atomic E-state index is -1.05. The number of benzene rings is 1. The number of pyridine rings is 1. The van der Waals surface area contributed by atoms with Gasteiger partial charge in [-0.1, -0.05) is 18.2 Å². The van der Waals surface area contributed by atoms with Gasteiger partial charge in [0, 0.05) is 11.1 Å². The van der Waals surface area contributed by atoms with Gasteiger partial charge in [-0.05, 0) is 30.2 Å². The molecule has 1 aromatic carbocycles. The summed E-state index contributed by atoms with van der Waals surface area (Å²) in [5.74, 6) is -0.946. The number of nitrogens with one attached hydrogen (secondary N) is 1. The van der Waals surface area contributed by atoms with E-state index in [2.05, 4.69) is 10.3 Å². The molecule has 2 aromatic rings. The van der Waals surface area contributed by atoms with Crippen LogP contribution >= 0.6 is 11.8 Å². The first-order chi connectivity index (χ1) is 10.1. The van der Waals surface area contributed by atoms with Crippen molar-refractivity contribution >= 4 is 29.5 Å². The number of aromatic nitrogens is 1. The third-order valence-corrected chi connectivity index (χ3v) is 4.52. The van der Waals surface area contributed by atoms with Gasteiger partial charge in [0.2, 0.25) is 5.91 Å². The normalized spacial score (nSPS) is 16.3. The number of carbonyl (C=O) groups is 2. The van der Waals surface area contributed by atoms with Gasteiger partial charge in [0.25, 0.3) is 0 Å². The monoisotopic (exact) mass is 300 g/mol. The van der Waals surface area contributed by atoms with Crippen molar-refractivity contribution in [3.8, 4) is 0 Å². The Morgan fingerprint density at radius 2 is 2.10 bits per heavy atom. The number of hydrogen-bond donors (Lipinski definition) is 2. The molecule has 0 radical (unpaired) electrons. The number of amides is 1. The molecule has 21 heavy (non-hydrogen) atoms. The lowest BCUT2D eigenvalue weighted by molar-refractivity contribution is -0.115. The summed E-state index contributed by atoms with van der Waals surface area (Å²) in [5, 5.41) is 11.4. The average Bonchev–Trinajstić information content (AvgIpc) is 2.91. The Bertz CT molecular complexity index is 693. The molecule has 0 fully saturated rings. The fraction of sp³-hybridized carbons (Fsp3) is 0.133. The predicted molar refractivity (Wildman–Crippen MR) is 79.6 cm³/mol. The van der Waals surface area contributed by atoms with Crippen molar-refractivity contribution in [3.05, 3.63) is 53.7 Å². The standard InChI is InChI=1S/C15H12N2O3S/c18-14(12-7-9-3-1-2-4-11(9)21-12)17-13-8-10(15(19)20)5-6-16-13/h1-6,8,12H,7H2,(H,19,20)(H,16,17,18). The summed E-state index contributed by atoms with van der Waals surface area (Å²) in [7, 11) is 0. The van der Waals surface area contributed by atoms with Gasteiger partial charge >= 0.3 is 5.97 Å². The Balaban J connectivity index is 1.71. The van der Waals surface area contributed by atoms with Gasteiger partial charge in [-0.25, -0.2) is 9.78 Å². The van der Waals surface area contributed by atoms with Gasteiger partial charge in [0.15, 0.2) is 0 Å². The number of carboxylic acid groups (broad SMARTS) is 1. The first kappa shape index (κ1) is 13.6. The van der Waals surface area contributed by atoms with Crippen molar-refractivity contribution in [3.63, 3.8) is 0 Å². The van der Waals surface area contributed by atoms with Crippen LogP contribution in [0.15, 0.2) is 47.5 Å². The highest BCUT2D eigenvalue weighted by molar-refractivity contribution is 8.01. The first-order valence-corrected chi connectivity index (χ1v) is 7.26. The largest absolute Gasteiger partial charge is 0.478 e. The Labute approximate surface area is 125 Å². The van der Waals surface area contributed by atoms with Gasteiger partial charge in [-0.15, -0.1) is 11.8 Å². The van der Waals surface area contributed by atoms with Crippen LogP contribution in [0.25, 0.3) is 0 Å². The zero-order valence-corrected chi connectivity index (χ0v) is 11.8. The molecule has 1 amide bonds. The summed E-state index contributed by atoms with van der Waals surface area (Å²) in [6.45, 7) is 0.